The van der Waals surface area contributed by atoms with Gasteiger partial charge in [-0.3, -0.25) is 9.78 Å². The highest BCUT2D eigenvalue weighted by Gasteiger charge is 2.07. The Morgan fingerprint density at radius 3 is 2.41 bits per heavy atom. The molecule has 1 aromatic heterocycles. The molecule has 5 heteroatoms. The largest absolute Gasteiger partial charge is 0.319 e. The zero-order valence-electron chi connectivity index (χ0n) is 8.76. The number of carbonyl (C=O) groups excluding carboxylic acids is 1. The van der Waals surface area contributed by atoms with Gasteiger partial charge in [-0.15, -0.1) is 12.4 Å². The van der Waals surface area contributed by atoms with E-state index in [2.05, 4.69) is 10.3 Å². The van der Waals surface area contributed by atoms with Crippen molar-refractivity contribution in [3.8, 4) is 0 Å². The summed E-state index contributed by atoms with van der Waals surface area (Å²) >= 11 is 0. The van der Waals surface area contributed by atoms with Crippen LogP contribution in [0.1, 0.15) is 10.4 Å². The molecule has 0 bridgehead atoms. The Labute approximate surface area is 104 Å². The van der Waals surface area contributed by atoms with E-state index in [1.165, 1.54) is 24.5 Å². The van der Waals surface area contributed by atoms with Gasteiger partial charge in [0.25, 0.3) is 5.91 Å². The number of aromatic nitrogens is 1. The lowest BCUT2D eigenvalue weighted by atomic mass is 10.2. The van der Waals surface area contributed by atoms with Crippen LogP contribution in [0.4, 0.5) is 10.1 Å². The van der Waals surface area contributed by atoms with Gasteiger partial charge in [-0.05, 0) is 24.3 Å². The van der Waals surface area contributed by atoms with Crippen LogP contribution < -0.4 is 5.32 Å². The number of pyridine rings is 1. The molecule has 2 aromatic rings. The zero-order valence-corrected chi connectivity index (χ0v) is 9.58. The van der Waals surface area contributed by atoms with Crippen LogP contribution in [0.25, 0.3) is 0 Å². The standard InChI is InChI=1S/C12H9FN2O.ClH/c13-10-3-1-2-4-11(10)15-12(16)9-5-7-14-8-6-9;/h1-8H,(H,15,16);1H. The van der Waals surface area contributed by atoms with Crippen molar-refractivity contribution < 1.29 is 9.18 Å². The lowest BCUT2D eigenvalue weighted by Crippen LogP contribution is -2.12. The summed E-state index contributed by atoms with van der Waals surface area (Å²) in [5.74, 6) is -0.808. The Hall–Kier alpha value is -1.94. The molecule has 1 aromatic carbocycles. The summed E-state index contributed by atoms with van der Waals surface area (Å²) in [6.07, 6.45) is 3.02. The number of carbonyl (C=O) groups is 1. The smallest absolute Gasteiger partial charge is 0.255 e. The fraction of sp³-hybridized carbons (Fsp3) is 0. The van der Waals surface area contributed by atoms with Crippen molar-refractivity contribution >= 4 is 24.0 Å². The molecule has 1 N–H and O–H groups in total. The van der Waals surface area contributed by atoms with E-state index in [1.807, 2.05) is 0 Å². The number of nitrogens with zero attached hydrogens (tertiary/aromatic N) is 1. The molecule has 0 aliphatic carbocycles. The summed E-state index contributed by atoms with van der Waals surface area (Å²) in [5, 5.41) is 2.48. The number of amides is 1. The monoisotopic (exact) mass is 252 g/mol. The Kier molecular flexibility index (Phi) is 4.60. The Morgan fingerprint density at radius 1 is 1.12 bits per heavy atom. The van der Waals surface area contributed by atoms with Crippen LogP contribution in [0.3, 0.4) is 0 Å². The second-order valence-electron chi connectivity index (χ2n) is 3.17. The fourth-order valence-electron chi connectivity index (χ4n) is 1.26. The van der Waals surface area contributed by atoms with Gasteiger partial charge in [0.05, 0.1) is 5.69 Å². The number of para-hydroxylation sites is 1. The van der Waals surface area contributed by atoms with Gasteiger partial charge in [-0.25, -0.2) is 4.39 Å². The molecule has 0 atom stereocenters. The van der Waals surface area contributed by atoms with Gasteiger partial charge in [0.1, 0.15) is 5.82 Å². The van der Waals surface area contributed by atoms with Crippen molar-refractivity contribution in [1.29, 1.82) is 0 Å². The average Bonchev–Trinajstić information content (AvgIpc) is 2.33. The quantitative estimate of drug-likeness (QED) is 0.893. The molecule has 1 amide bonds. The first-order chi connectivity index (χ1) is 7.77. The van der Waals surface area contributed by atoms with Gasteiger partial charge in [-0.1, -0.05) is 12.1 Å². The van der Waals surface area contributed by atoms with Crippen molar-refractivity contribution in [2.24, 2.45) is 0 Å². The van der Waals surface area contributed by atoms with Crippen molar-refractivity contribution in [3.63, 3.8) is 0 Å². The SMILES string of the molecule is Cl.O=C(Nc1ccccc1F)c1ccncc1. The van der Waals surface area contributed by atoms with E-state index >= 15 is 0 Å². The number of anilines is 1. The Balaban J connectivity index is 0.00000144. The molecule has 0 saturated heterocycles. The van der Waals surface area contributed by atoms with Crippen molar-refractivity contribution in [2.75, 3.05) is 5.32 Å². The van der Waals surface area contributed by atoms with E-state index in [-0.39, 0.29) is 24.0 Å². The van der Waals surface area contributed by atoms with Gasteiger partial charge in [-0.2, -0.15) is 0 Å². The predicted molar refractivity (Wildman–Crippen MR) is 65.8 cm³/mol. The van der Waals surface area contributed by atoms with Crippen LogP contribution in [0.5, 0.6) is 0 Å². The summed E-state index contributed by atoms with van der Waals surface area (Å²) < 4.78 is 13.2. The minimum atomic E-state index is -0.454. The Morgan fingerprint density at radius 2 is 1.76 bits per heavy atom. The third-order valence-corrected chi connectivity index (χ3v) is 2.06. The minimum absolute atomic E-state index is 0. The number of halogens is 2. The average molecular weight is 253 g/mol. The van der Waals surface area contributed by atoms with Crippen molar-refractivity contribution in [3.05, 3.63) is 60.2 Å². The van der Waals surface area contributed by atoms with E-state index in [1.54, 1.807) is 24.3 Å². The Bertz CT molecular complexity index is 505. The molecule has 0 fully saturated rings. The first-order valence-corrected chi connectivity index (χ1v) is 4.73. The third kappa shape index (κ3) is 3.26. The van der Waals surface area contributed by atoms with Crippen LogP contribution in [0.2, 0.25) is 0 Å². The lowest BCUT2D eigenvalue weighted by Gasteiger charge is -2.05. The van der Waals surface area contributed by atoms with Gasteiger partial charge >= 0.3 is 0 Å². The normalized spacial score (nSPS) is 9.24. The van der Waals surface area contributed by atoms with Gasteiger partial charge in [0.2, 0.25) is 0 Å². The van der Waals surface area contributed by atoms with E-state index in [4.69, 9.17) is 0 Å². The second kappa shape index (κ2) is 5.96. The van der Waals surface area contributed by atoms with Crippen LogP contribution in [-0.4, -0.2) is 10.9 Å². The molecule has 3 nitrogen and oxygen atoms in total. The first kappa shape index (κ1) is 13.1. The summed E-state index contributed by atoms with van der Waals surface area (Å²) in [7, 11) is 0. The molecular weight excluding hydrogens is 243 g/mol. The third-order valence-electron chi connectivity index (χ3n) is 2.06. The van der Waals surface area contributed by atoms with E-state index in [0.29, 0.717) is 5.56 Å². The molecule has 0 aliphatic rings. The van der Waals surface area contributed by atoms with Crippen molar-refractivity contribution in [2.45, 2.75) is 0 Å². The number of hydrogen-bond donors (Lipinski definition) is 1. The van der Waals surface area contributed by atoms with E-state index in [9.17, 15) is 9.18 Å². The highest BCUT2D eigenvalue weighted by atomic mass is 35.5. The summed E-state index contributed by atoms with van der Waals surface area (Å²) in [5.41, 5.74) is 0.613. The summed E-state index contributed by atoms with van der Waals surface area (Å²) in [6.45, 7) is 0. The molecule has 17 heavy (non-hydrogen) atoms. The van der Waals surface area contributed by atoms with Crippen molar-refractivity contribution in [1.82, 2.24) is 4.98 Å². The molecule has 0 saturated carbocycles. The van der Waals surface area contributed by atoms with Crippen LogP contribution in [0.15, 0.2) is 48.8 Å². The maximum atomic E-state index is 13.2. The fourth-order valence-corrected chi connectivity index (χ4v) is 1.26. The lowest BCUT2D eigenvalue weighted by molar-refractivity contribution is 0.102. The van der Waals surface area contributed by atoms with E-state index in [0.717, 1.165) is 0 Å². The highest BCUT2D eigenvalue weighted by molar-refractivity contribution is 6.04. The van der Waals surface area contributed by atoms with Crippen LogP contribution in [0, 0.1) is 5.82 Å². The maximum absolute atomic E-state index is 13.2. The molecule has 0 unspecified atom stereocenters. The number of hydrogen-bond acceptors (Lipinski definition) is 2. The topological polar surface area (TPSA) is 42.0 Å². The van der Waals surface area contributed by atoms with Crippen LogP contribution >= 0.6 is 12.4 Å². The minimum Gasteiger partial charge on any atom is -0.319 e. The molecule has 0 aliphatic heterocycles. The molecule has 2 rings (SSSR count). The maximum Gasteiger partial charge on any atom is 0.255 e. The van der Waals surface area contributed by atoms with Gasteiger partial charge in [0.15, 0.2) is 0 Å². The predicted octanol–water partition coefficient (Wildman–Crippen LogP) is 2.89. The number of rotatable bonds is 2. The van der Waals surface area contributed by atoms with Gasteiger partial charge in [0, 0.05) is 18.0 Å². The molecule has 0 spiro atoms. The number of benzene rings is 1. The highest BCUT2D eigenvalue weighted by Crippen LogP contribution is 2.13. The second-order valence-corrected chi connectivity index (χ2v) is 3.17. The summed E-state index contributed by atoms with van der Waals surface area (Å²) in [6, 6.07) is 9.16. The molecule has 0 radical (unpaired) electrons. The van der Waals surface area contributed by atoms with Crippen LogP contribution in [-0.2, 0) is 0 Å². The first-order valence-electron chi connectivity index (χ1n) is 4.73. The van der Waals surface area contributed by atoms with Gasteiger partial charge < -0.3 is 5.32 Å². The molecular formula is C12H10ClFN2O. The number of nitrogens with one attached hydrogen (secondary N) is 1. The summed E-state index contributed by atoms with van der Waals surface area (Å²) in [4.78, 5) is 15.5. The molecule has 88 valence electrons. The molecule has 1 heterocycles. The van der Waals surface area contributed by atoms with E-state index < -0.39 is 5.82 Å². The zero-order chi connectivity index (χ0) is 11.4.